The fourth-order valence-corrected chi connectivity index (χ4v) is 3.69. The highest BCUT2D eigenvalue weighted by Crippen LogP contribution is 2.29. The van der Waals surface area contributed by atoms with Gasteiger partial charge in [-0.1, -0.05) is 28.1 Å². The molecule has 0 aliphatic carbocycles. The van der Waals surface area contributed by atoms with Gasteiger partial charge >= 0.3 is 6.18 Å². The number of carbonyl (C=O) groups excluding carboxylic acids is 1. The van der Waals surface area contributed by atoms with Gasteiger partial charge in [0.2, 0.25) is 5.91 Å². The van der Waals surface area contributed by atoms with Crippen molar-refractivity contribution >= 4 is 27.7 Å². The second kappa shape index (κ2) is 9.78. The third-order valence-electron chi connectivity index (χ3n) is 5.10. The summed E-state index contributed by atoms with van der Waals surface area (Å²) in [5, 5.41) is 3.02. The minimum absolute atomic E-state index is 0.0495. The van der Waals surface area contributed by atoms with Crippen LogP contribution in [0.3, 0.4) is 0 Å². The number of hydrogen-bond acceptors (Lipinski definition) is 4. The molecule has 9 heteroatoms. The maximum absolute atomic E-state index is 12.7. The molecule has 2 heterocycles. The van der Waals surface area contributed by atoms with E-state index in [1.54, 1.807) is 0 Å². The van der Waals surface area contributed by atoms with Gasteiger partial charge in [-0.05, 0) is 43.2 Å². The molecule has 1 aromatic heterocycles. The van der Waals surface area contributed by atoms with Crippen LogP contribution >= 0.6 is 15.9 Å². The standard InChI is InChI=1S/C21H24BrF3N4O/c1-15(16-3-6-18(22)7-4-16)27-20(30)14-28-9-2-10-29(12-11-28)19-8-5-17(13-26-19)21(23,24)25/h3-8,13,15H,2,9-12,14H2,1H3,(H,27,30). The predicted octanol–water partition coefficient (Wildman–Crippen LogP) is 4.25. The summed E-state index contributed by atoms with van der Waals surface area (Å²) < 4.78 is 39.1. The molecule has 2 aromatic rings. The van der Waals surface area contributed by atoms with E-state index in [0.717, 1.165) is 35.3 Å². The number of nitrogens with one attached hydrogen (secondary N) is 1. The summed E-state index contributed by atoms with van der Waals surface area (Å²) in [4.78, 5) is 20.5. The number of alkyl halides is 3. The van der Waals surface area contributed by atoms with Crippen LogP contribution in [0.1, 0.15) is 30.5 Å². The number of halogens is 4. The Labute approximate surface area is 182 Å². The quantitative estimate of drug-likeness (QED) is 0.688. The van der Waals surface area contributed by atoms with Gasteiger partial charge < -0.3 is 10.2 Å². The van der Waals surface area contributed by atoms with Crippen LogP contribution in [0.2, 0.25) is 0 Å². The minimum atomic E-state index is -4.39. The van der Waals surface area contributed by atoms with Crippen molar-refractivity contribution in [2.45, 2.75) is 25.6 Å². The molecule has 0 bridgehead atoms. The number of amides is 1. The van der Waals surface area contributed by atoms with E-state index in [-0.39, 0.29) is 18.5 Å². The lowest BCUT2D eigenvalue weighted by molar-refractivity contribution is -0.137. The van der Waals surface area contributed by atoms with Crippen LogP contribution in [0.5, 0.6) is 0 Å². The number of hydrogen-bond donors (Lipinski definition) is 1. The Bertz CT molecular complexity index is 843. The molecule has 1 aliphatic heterocycles. The van der Waals surface area contributed by atoms with Crippen molar-refractivity contribution in [2.24, 2.45) is 0 Å². The Kier molecular flexibility index (Phi) is 7.36. The molecule has 1 atom stereocenters. The van der Waals surface area contributed by atoms with Crippen LogP contribution in [0.15, 0.2) is 47.1 Å². The van der Waals surface area contributed by atoms with E-state index in [9.17, 15) is 18.0 Å². The summed E-state index contributed by atoms with van der Waals surface area (Å²) in [5.41, 5.74) is 0.279. The zero-order valence-electron chi connectivity index (χ0n) is 16.6. The maximum Gasteiger partial charge on any atom is 0.417 e. The average molecular weight is 485 g/mol. The Morgan fingerprint density at radius 2 is 1.87 bits per heavy atom. The molecule has 162 valence electrons. The van der Waals surface area contributed by atoms with Crippen molar-refractivity contribution in [3.8, 4) is 0 Å². The topological polar surface area (TPSA) is 48.5 Å². The van der Waals surface area contributed by atoms with Crippen molar-refractivity contribution < 1.29 is 18.0 Å². The van der Waals surface area contributed by atoms with E-state index in [1.807, 2.05) is 36.1 Å². The van der Waals surface area contributed by atoms with Crippen molar-refractivity contribution in [3.63, 3.8) is 0 Å². The molecular formula is C21H24BrF3N4O. The smallest absolute Gasteiger partial charge is 0.355 e. The van der Waals surface area contributed by atoms with Crippen molar-refractivity contribution in [3.05, 3.63) is 58.2 Å². The van der Waals surface area contributed by atoms with E-state index in [4.69, 9.17) is 0 Å². The first-order valence-electron chi connectivity index (χ1n) is 9.78. The molecule has 0 spiro atoms. The number of pyridine rings is 1. The number of benzene rings is 1. The van der Waals surface area contributed by atoms with Gasteiger partial charge in [-0.2, -0.15) is 13.2 Å². The van der Waals surface area contributed by atoms with Crippen molar-refractivity contribution in [1.82, 2.24) is 15.2 Å². The van der Waals surface area contributed by atoms with Gasteiger partial charge in [0.05, 0.1) is 18.2 Å². The Morgan fingerprint density at radius 1 is 1.13 bits per heavy atom. The molecule has 1 N–H and O–H groups in total. The van der Waals surface area contributed by atoms with Crippen LogP contribution < -0.4 is 10.2 Å². The summed E-state index contributed by atoms with van der Waals surface area (Å²) >= 11 is 3.40. The lowest BCUT2D eigenvalue weighted by atomic mass is 10.1. The van der Waals surface area contributed by atoms with Crippen LogP contribution in [0, 0.1) is 0 Å². The second-order valence-electron chi connectivity index (χ2n) is 7.36. The first-order chi connectivity index (χ1) is 14.2. The number of anilines is 1. The molecule has 30 heavy (non-hydrogen) atoms. The van der Waals surface area contributed by atoms with Crippen LogP contribution in [0.4, 0.5) is 19.0 Å². The minimum Gasteiger partial charge on any atom is -0.355 e. The predicted molar refractivity (Wildman–Crippen MR) is 113 cm³/mol. The van der Waals surface area contributed by atoms with E-state index < -0.39 is 11.7 Å². The molecule has 5 nitrogen and oxygen atoms in total. The molecule has 1 amide bonds. The summed E-state index contributed by atoms with van der Waals surface area (Å²) in [5.74, 6) is 0.477. The van der Waals surface area contributed by atoms with E-state index in [2.05, 4.69) is 31.1 Å². The number of nitrogens with zero attached hydrogens (tertiary/aromatic N) is 3. The zero-order valence-corrected chi connectivity index (χ0v) is 18.2. The molecule has 0 saturated carbocycles. The highest BCUT2D eigenvalue weighted by molar-refractivity contribution is 9.10. The van der Waals surface area contributed by atoms with Gasteiger partial charge in [0.15, 0.2) is 0 Å². The average Bonchev–Trinajstić information content (AvgIpc) is 2.93. The van der Waals surface area contributed by atoms with Crippen molar-refractivity contribution in [1.29, 1.82) is 0 Å². The molecule has 1 fully saturated rings. The first-order valence-corrected chi connectivity index (χ1v) is 10.6. The zero-order chi connectivity index (χ0) is 21.7. The normalized spacial score (nSPS) is 16.8. The monoisotopic (exact) mass is 484 g/mol. The Balaban J connectivity index is 1.51. The van der Waals surface area contributed by atoms with E-state index in [1.165, 1.54) is 6.07 Å². The fourth-order valence-electron chi connectivity index (χ4n) is 3.42. The van der Waals surface area contributed by atoms with Gasteiger partial charge in [0, 0.05) is 36.8 Å². The second-order valence-corrected chi connectivity index (χ2v) is 8.28. The van der Waals surface area contributed by atoms with Gasteiger partial charge in [-0.15, -0.1) is 0 Å². The summed E-state index contributed by atoms with van der Waals surface area (Å²) in [6.07, 6.45) is -2.71. The van der Waals surface area contributed by atoms with Gasteiger partial charge in [0.25, 0.3) is 0 Å². The van der Waals surface area contributed by atoms with E-state index in [0.29, 0.717) is 25.5 Å². The highest BCUT2D eigenvalue weighted by Gasteiger charge is 2.31. The molecule has 0 radical (unpaired) electrons. The molecule has 1 unspecified atom stereocenters. The summed E-state index contributed by atoms with van der Waals surface area (Å²) in [7, 11) is 0. The SMILES string of the molecule is CC(NC(=O)CN1CCCN(c2ccc(C(F)(F)F)cn2)CC1)c1ccc(Br)cc1. The number of rotatable bonds is 5. The molecule has 1 aromatic carbocycles. The molecule has 3 rings (SSSR count). The van der Waals surface area contributed by atoms with Gasteiger partial charge in [-0.3, -0.25) is 9.69 Å². The number of aromatic nitrogens is 1. The highest BCUT2D eigenvalue weighted by atomic mass is 79.9. The largest absolute Gasteiger partial charge is 0.417 e. The van der Waals surface area contributed by atoms with Crippen molar-refractivity contribution in [2.75, 3.05) is 37.6 Å². The summed E-state index contributed by atoms with van der Waals surface area (Å²) in [6, 6.07) is 10.2. The number of carbonyl (C=O) groups is 1. The lowest BCUT2D eigenvalue weighted by Crippen LogP contribution is -2.40. The van der Waals surface area contributed by atoms with Crippen LogP contribution in [0.25, 0.3) is 0 Å². The van der Waals surface area contributed by atoms with Crippen LogP contribution in [-0.2, 0) is 11.0 Å². The molecular weight excluding hydrogens is 461 g/mol. The molecule has 1 saturated heterocycles. The Hall–Kier alpha value is -2.13. The van der Waals surface area contributed by atoms with E-state index >= 15 is 0 Å². The fraction of sp³-hybridized carbons (Fsp3) is 0.429. The summed E-state index contributed by atoms with van der Waals surface area (Å²) in [6.45, 7) is 4.91. The van der Waals surface area contributed by atoms with Crippen LogP contribution in [-0.4, -0.2) is 48.5 Å². The third-order valence-corrected chi connectivity index (χ3v) is 5.63. The first kappa shape index (κ1) is 22.6. The van der Waals surface area contributed by atoms with Gasteiger partial charge in [0.1, 0.15) is 5.82 Å². The lowest BCUT2D eigenvalue weighted by Gasteiger charge is -2.23. The molecule has 1 aliphatic rings. The maximum atomic E-state index is 12.7. The van der Waals surface area contributed by atoms with Gasteiger partial charge in [-0.25, -0.2) is 4.98 Å². The Morgan fingerprint density at radius 3 is 2.50 bits per heavy atom. The third kappa shape index (κ3) is 6.18.